The van der Waals surface area contributed by atoms with Crippen LogP contribution in [-0.2, 0) is 16.4 Å². The van der Waals surface area contributed by atoms with Crippen LogP contribution in [0.15, 0.2) is 96.0 Å². The van der Waals surface area contributed by atoms with Crippen molar-refractivity contribution >= 4 is 43.5 Å². The number of hydrogen-bond acceptors (Lipinski definition) is 7. The van der Waals surface area contributed by atoms with Crippen LogP contribution in [0, 0.1) is 11.8 Å². The molecule has 0 aliphatic heterocycles. The van der Waals surface area contributed by atoms with Gasteiger partial charge in [0.1, 0.15) is 5.82 Å². The van der Waals surface area contributed by atoms with E-state index in [1.165, 1.54) is 0 Å². The van der Waals surface area contributed by atoms with Crippen molar-refractivity contribution in [2.24, 2.45) is 11.8 Å². The molecule has 44 heavy (non-hydrogen) atoms. The molecule has 2 N–H and O–H groups in total. The lowest BCUT2D eigenvalue weighted by Gasteiger charge is -2.29. The Morgan fingerprint density at radius 2 is 1.52 bits per heavy atom. The summed E-state index contributed by atoms with van der Waals surface area (Å²) in [5.74, 6) is 2.38. The zero-order chi connectivity index (χ0) is 29.6. The quantitative estimate of drug-likeness (QED) is 0.172. The van der Waals surface area contributed by atoms with Crippen LogP contribution >= 0.6 is 0 Å². The Bertz CT molecular complexity index is 1790. The smallest absolute Gasteiger partial charge is 0.240 e. The molecule has 0 bridgehead atoms. The van der Waals surface area contributed by atoms with Crippen LogP contribution in [0.2, 0.25) is 0 Å². The number of sulfonamides is 1. The summed E-state index contributed by atoms with van der Waals surface area (Å²) < 4.78 is 28.8. The second-order valence-electron chi connectivity index (χ2n) is 11.5. The summed E-state index contributed by atoms with van der Waals surface area (Å²) >= 11 is 0. The second kappa shape index (κ2) is 14.1. The van der Waals surface area contributed by atoms with Crippen molar-refractivity contribution in [1.82, 2.24) is 19.7 Å². The fourth-order valence-electron chi connectivity index (χ4n) is 5.88. The van der Waals surface area contributed by atoms with E-state index in [9.17, 15) is 8.42 Å². The maximum Gasteiger partial charge on any atom is 0.240 e. The number of nitrogens with one attached hydrogen (secondary N) is 2. The van der Waals surface area contributed by atoms with Gasteiger partial charge in [0.05, 0.1) is 10.4 Å². The number of hydrogen-bond donors (Lipinski definition) is 2. The first-order chi connectivity index (χ1) is 20.9. The Kier molecular flexibility index (Phi) is 10.1. The van der Waals surface area contributed by atoms with E-state index >= 15 is 0 Å². The van der Waals surface area contributed by atoms with Gasteiger partial charge in [-0.25, -0.2) is 18.1 Å². The van der Waals surface area contributed by atoms with E-state index in [1.54, 1.807) is 12.1 Å². The summed E-state index contributed by atoms with van der Waals surface area (Å²) in [6.45, 7) is 2.06. The lowest BCUT2D eigenvalue weighted by molar-refractivity contribution is 0.284. The second-order valence-corrected chi connectivity index (χ2v) is 13.3. The first-order valence-corrected chi connectivity index (χ1v) is 16.5. The summed E-state index contributed by atoms with van der Waals surface area (Å²) in [5, 5.41) is 6.50. The Morgan fingerprint density at radius 3 is 2.30 bits per heavy atom. The van der Waals surface area contributed by atoms with Gasteiger partial charge in [-0.3, -0.25) is 4.98 Å². The third-order valence-electron chi connectivity index (χ3n) is 8.48. The number of aromatic nitrogens is 3. The van der Waals surface area contributed by atoms with E-state index in [2.05, 4.69) is 33.0 Å². The normalized spacial score (nSPS) is 16.8. The van der Waals surface area contributed by atoms with Crippen LogP contribution in [0.1, 0.15) is 38.8 Å². The van der Waals surface area contributed by atoms with Gasteiger partial charge in [-0.15, -0.1) is 0 Å². The van der Waals surface area contributed by atoms with Crippen molar-refractivity contribution in [2.45, 2.75) is 44.4 Å². The average Bonchev–Trinajstić information content (AvgIpc) is 3.05. The minimum absolute atomic E-state index is 0. The number of nitrogens with zero attached hydrogens (tertiary/aromatic N) is 4. The van der Waals surface area contributed by atoms with Gasteiger partial charge in [0.2, 0.25) is 16.0 Å². The molecule has 5 aromatic rings. The monoisotopic (exact) mass is 610 g/mol. The highest BCUT2D eigenvalue weighted by atomic mass is 32.2. The molecular weight excluding hydrogens is 568 g/mol. The Balaban J connectivity index is 0.00000384. The summed E-state index contributed by atoms with van der Waals surface area (Å²) in [5.41, 5.74) is 1.98. The van der Waals surface area contributed by atoms with Gasteiger partial charge in [0, 0.05) is 50.4 Å². The summed E-state index contributed by atoms with van der Waals surface area (Å²) in [6, 6.07) is 27.2. The number of anilines is 2. The fraction of sp³-hybridized carbons (Fsp3) is 0.343. The molecule has 0 radical (unpaired) electrons. The molecule has 6 rings (SSSR count). The number of benzene rings is 3. The molecular formula is C35H42N6O2S. The number of para-hydroxylation sites is 1. The molecule has 9 heteroatoms. The van der Waals surface area contributed by atoms with Gasteiger partial charge in [-0.2, -0.15) is 4.98 Å². The van der Waals surface area contributed by atoms with Gasteiger partial charge < -0.3 is 10.2 Å². The Hall–Kier alpha value is -4.08. The molecule has 1 aliphatic rings. The molecule has 8 nitrogen and oxygen atoms in total. The van der Waals surface area contributed by atoms with Crippen molar-refractivity contribution in [3.8, 4) is 0 Å². The minimum Gasteiger partial charge on any atom is -0.359 e. The Morgan fingerprint density at radius 1 is 0.818 bits per heavy atom. The average molecular weight is 611 g/mol. The zero-order valence-electron chi connectivity index (χ0n) is 24.5. The van der Waals surface area contributed by atoms with E-state index in [1.807, 2.05) is 72.9 Å². The molecule has 2 aromatic heterocycles. The SMILES string of the molecule is C.CN(CCc1ccccn1)c1nc(NCC2CCC(CNS(=O)(=O)c3ccc4ccccc4c3)CC2)nc2ccccc12. The third-order valence-corrected chi connectivity index (χ3v) is 9.90. The van der Waals surface area contributed by atoms with Crippen molar-refractivity contribution in [1.29, 1.82) is 0 Å². The number of pyridine rings is 1. The van der Waals surface area contributed by atoms with E-state index in [-0.39, 0.29) is 7.43 Å². The van der Waals surface area contributed by atoms with Gasteiger partial charge in [-0.05, 0) is 84.7 Å². The molecule has 0 atom stereocenters. The van der Waals surface area contributed by atoms with Crippen LogP contribution < -0.4 is 14.9 Å². The van der Waals surface area contributed by atoms with Crippen LogP contribution in [0.25, 0.3) is 21.7 Å². The highest BCUT2D eigenvalue weighted by Gasteiger charge is 2.24. The molecule has 0 saturated heterocycles. The lowest BCUT2D eigenvalue weighted by Crippen LogP contribution is -2.32. The van der Waals surface area contributed by atoms with Crippen molar-refractivity contribution in [2.75, 3.05) is 36.9 Å². The predicted molar refractivity (Wildman–Crippen MR) is 181 cm³/mol. The number of rotatable bonds is 11. The van der Waals surface area contributed by atoms with Crippen molar-refractivity contribution in [3.05, 3.63) is 96.8 Å². The van der Waals surface area contributed by atoms with Crippen molar-refractivity contribution < 1.29 is 8.42 Å². The summed E-state index contributed by atoms with van der Waals surface area (Å²) in [7, 11) is -1.48. The van der Waals surface area contributed by atoms with E-state index in [0.717, 1.165) is 78.4 Å². The Labute approximate surface area is 261 Å². The maximum atomic E-state index is 13.0. The molecule has 1 aliphatic carbocycles. The summed E-state index contributed by atoms with van der Waals surface area (Å²) in [6.07, 6.45) is 6.73. The third kappa shape index (κ3) is 7.52. The topological polar surface area (TPSA) is 100 Å². The van der Waals surface area contributed by atoms with Gasteiger partial charge in [-0.1, -0.05) is 56.0 Å². The predicted octanol–water partition coefficient (Wildman–Crippen LogP) is 6.69. The van der Waals surface area contributed by atoms with E-state index in [4.69, 9.17) is 9.97 Å². The van der Waals surface area contributed by atoms with Crippen LogP contribution in [0.4, 0.5) is 11.8 Å². The molecule has 0 unspecified atom stereocenters. The first kappa shape index (κ1) is 31.3. The van der Waals surface area contributed by atoms with E-state index < -0.39 is 10.0 Å². The summed E-state index contributed by atoms with van der Waals surface area (Å²) in [4.78, 5) is 16.7. The number of fused-ring (bicyclic) bond motifs is 2. The van der Waals surface area contributed by atoms with Crippen LogP contribution in [-0.4, -0.2) is 50.1 Å². The maximum absolute atomic E-state index is 13.0. The highest BCUT2D eigenvalue weighted by Crippen LogP contribution is 2.30. The van der Waals surface area contributed by atoms with Crippen LogP contribution in [0.3, 0.4) is 0 Å². The standard InChI is InChI=1S/C34H38N6O2S.CH4/c1-40(21-19-29-10-6-7-20-35-29)33-31-11-4-5-12-32(31)38-34(39-33)36-23-25-13-15-26(16-14-25)24-37-43(41,42)30-18-17-27-8-2-3-9-28(27)22-30;/h2-12,17-18,20,22,25-26,37H,13-16,19,21,23-24H2,1H3,(H,36,38,39);1H4. The first-order valence-electron chi connectivity index (χ1n) is 15.0. The molecule has 0 amide bonds. The van der Waals surface area contributed by atoms with Crippen LogP contribution in [0.5, 0.6) is 0 Å². The highest BCUT2D eigenvalue weighted by molar-refractivity contribution is 7.89. The van der Waals surface area contributed by atoms with E-state index in [0.29, 0.717) is 29.2 Å². The van der Waals surface area contributed by atoms with Gasteiger partial charge in [0.15, 0.2) is 0 Å². The molecule has 0 spiro atoms. The molecule has 1 fully saturated rings. The molecule has 2 heterocycles. The largest absolute Gasteiger partial charge is 0.359 e. The lowest BCUT2D eigenvalue weighted by atomic mass is 9.82. The molecule has 230 valence electrons. The van der Waals surface area contributed by atoms with Gasteiger partial charge >= 0.3 is 0 Å². The molecule has 1 saturated carbocycles. The van der Waals surface area contributed by atoms with Gasteiger partial charge in [0.25, 0.3) is 0 Å². The molecule has 3 aromatic carbocycles. The van der Waals surface area contributed by atoms with Crippen molar-refractivity contribution in [3.63, 3.8) is 0 Å². The zero-order valence-corrected chi connectivity index (χ0v) is 25.3. The fourth-order valence-corrected chi connectivity index (χ4v) is 7.04. The number of likely N-dealkylation sites (N-methyl/N-ethyl adjacent to an activating group) is 1. The minimum atomic E-state index is -3.55.